The van der Waals surface area contributed by atoms with Gasteiger partial charge in [0.05, 0.1) is 18.5 Å². The van der Waals surface area contributed by atoms with E-state index >= 15 is 0 Å². The largest absolute Gasteiger partial charge is 0.497 e. The zero-order chi connectivity index (χ0) is 16.8. The van der Waals surface area contributed by atoms with E-state index in [9.17, 15) is 9.59 Å². The van der Waals surface area contributed by atoms with Crippen LogP contribution in [0.3, 0.4) is 0 Å². The van der Waals surface area contributed by atoms with E-state index in [1.54, 1.807) is 25.1 Å². The maximum Gasteiger partial charge on any atom is 0.261 e. The minimum Gasteiger partial charge on any atom is -0.497 e. The molecule has 0 bridgehead atoms. The predicted octanol–water partition coefficient (Wildman–Crippen LogP) is 2.45. The van der Waals surface area contributed by atoms with Crippen molar-refractivity contribution < 1.29 is 14.3 Å². The van der Waals surface area contributed by atoms with Gasteiger partial charge in [-0.3, -0.25) is 9.59 Å². The van der Waals surface area contributed by atoms with Crippen molar-refractivity contribution in [3.8, 4) is 5.75 Å². The van der Waals surface area contributed by atoms with E-state index in [2.05, 4.69) is 5.32 Å². The second-order valence-corrected chi connectivity index (χ2v) is 6.48. The van der Waals surface area contributed by atoms with Crippen LogP contribution >= 0.6 is 11.3 Å². The lowest BCUT2D eigenvalue weighted by Gasteiger charge is -2.17. The number of likely N-dealkylation sites (N-methyl/N-ethyl adjacent to an activating group) is 1. The molecule has 23 heavy (non-hydrogen) atoms. The van der Waals surface area contributed by atoms with Crippen LogP contribution in [0.25, 0.3) is 0 Å². The summed E-state index contributed by atoms with van der Waals surface area (Å²) in [5.74, 6) is 0.429. The van der Waals surface area contributed by atoms with E-state index in [0.29, 0.717) is 11.4 Å². The van der Waals surface area contributed by atoms with Crippen molar-refractivity contribution in [2.24, 2.45) is 0 Å². The maximum absolute atomic E-state index is 12.1. The average Bonchev–Trinajstić information content (AvgIpc) is 2.99. The molecule has 0 saturated carbocycles. The second-order valence-electron chi connectivity index (χ2n) is 5.19. The Morgan fingerprint density at radius 1 is 1.17 bits per heavy atom. The number of methoxy groups -OCH3 is 1. The normalized spacial score (nSPS) is 10.2. The smallest absolute Gasteiger partial charge is 0.261 e. The minimum absolute atomic E-state index is 0.0115. The molecule has 0 saturated heterocycles. The van der Waals surface area contributed by atoms with E-state index in [1.165, 1.54) is 11.3 Å². The number of nitrogens with zero attached hydrogens (tertiary/aromatic N) is 1. The van der Waals surface area contributed by atoms with Gasteiger partial charge < -0.3 is 15.0 Å². The number of nitrogens with one attached hydrogen (secondary N) is 1. The van der Waals surface area contributed by atoms with Crippen molar-refractivity contribution in [3.05, 3.63) is 51.7 Å². The van der Waals surface area contributed by atoms with Gasteiger partial charge in [0.1, 0.15) is 5.75 Å². The fourth-order valence-corrected chi connectivity index (χ4v) is 2.81. The molecule has 122 valence electrons. The van der Waals surface area contributed by atoms with Gasteiger partial charge in [-0.25, -0.2) is 0 Å². The monoisotopic (exact) mass is 332 g/mol. The molecule has 0 spiro atoms. The first-order valence-corrected chi connectivity index (χ1v) is 8.03. The van der Waals surface area contributed by atoms with E-state index in [1.807, 2.05) is 37.3 Å². The summed E-state index contributed by atoms with van der Waals surface area (Å²) >= 11 is 1.41. The van der Waals surface area contributed by atoms with Crippen LogP contribution in [0.4, 0.5) is 0 Å². The maximum atomic E-state index is 12.1. The van der Waals surface area contributed by atoms with Crippen LogP contribution in [-0.4, -0.2) is 37.4 Å². The summed E-state index contributed by atoms with van der Waals surface area (Å²) in [6, 6.07) is 11.2. The van der Waals surface area contributed by atoms with Gasteiger partial charge in [-0.05, 0) is 36.8 Å². The van der Waals surface area contributed by atoms with E-state index in [0.717, 1.165) is 16.2 Å². The molecule has 0 fully saturated rings. The van der Waals surface area contributed by atoms with Crippen LogP contribution in [-0.2, 0) is 11.3 Å². The van der Waals surface area contributed by atoms with Crippen molar-refractivity contribution in [2.45, 2.75) is 13.5 Å². The lowest BCUT2D eigenvalue weighted by molar-refractivity contribution is -0.129. The number of amides is 2. The topological polar surface area (TPSA) is 58.6 Å². The van der Waals surface area contributed by atoms with Gasteiger partial charge >= 0.3 is 0 Å². The fraction of sp³-hybridized carbons (Fsp3) is 0.294. The molecular formula is C17H20N2O3S. The number of rotatable bonds is 6. The Bertz CT molecular complexity index is 679. The van der Waals surface area contributed by atoms with Crippen LogP contribution < -0.4 is 10.1 Å². The Kier molecular flexibility index (Phi) is 5.76. The molecule has 0 aliphatic carbocycles. The third kappa shape index (κ3) is 4.82. The molecule has 0 aliphatic rings. The molecule has 1 aromatic heterocycles. The zero-order valence-electron chi connectivity index (χ0n) is 13.5. The summed E-state index contributed by atoms with van der Waals surface area (Å²) in [5.41, 5.74) is 1.00. The first-order valence-electron chi connectivity index (χ1n) is 7.21. The lowest BCUT2D eigenvalue weighted by Crippen LogP contribution is -2.37. The summed E-state index contributed by atoms with van der Waals surface area (Å²) in [7, 11) is 3.33. The van der Waals surface area contributed by atoms with Crippen molar-refractivity contribution in [1.29, 1.82) is 0 Å². The van der Waals surface area contributed by atoms with Crippen LogP contribution in [0.15, 0.2) is 36.4 Å². The number of carbonyl (C=O) groups excluding carboxylic acids is 2. The van der Waals surface area contributed by atoms with Crippen LogP contribution in [0.5, 0.6) is 5.75 Å². The summed E-state index contributed by atoms with van der Waals surface area (Å²) in [6.07, 6.45) is 0. The van der Waals surface area contributed by atoms with E-state index in [4.69, 9.17) is 4.74 Å². The highest BCUT2D eigenvalue weighted by atomic mass is 32.1. The van der Waals surface area contributed by atoms with Crippen LogP contribution in [0.2, 0.25) is 0 Å². The lowest BCUT2D eigenvalue weighted by atomic mass is 10.2. The number of ether oxygens (including phenoxy) is 1. The number of aryl methyl sites for hydroxylation is 1. The molecule has 0 aliphatic heterocycles. The van der Waals surface area contributed by atoms with Crippen LogP contribution in [0, 0.1) is 6.92 Å². The number of thiophene rings is 1. The average molecular weight is 332 g/mol. The molecular weight excluding hydrogens is 312 g/mol. The molecule has 1 aromatic carbocycles. The van der Waals surface area contributed by atoms with Crippen molar-refractivity contribution in [1.82, 2.24) is 10.2 Å². The molecule has 2 aromatic rings. The quantitative estimate of drug-likeness (QED) is 0.884. The number of hydrogen-bond acceptors (Lipinski definition) is 4. The molecule has 5 nitrogen and oxygen atoms in total. The number of benzene rings is 1. The van der Waals surface area contributed by atoms with Crippen molar-refractivity contribution in [3.63, 3.8) is 0 Å². The Morgan fingerprint density at radius 3 is 2.43 bits per heavy atom. The number of carbonyl (C=O) groups is 2. The van der Waals surface area contributed by atoms with Crippen molar-refractivity contribution >= 4 is 23.2 Å². The summed E-state index contributed by atoms with van der Waals surface area (Å²) in [5, 5.41) is 2.66. The fourth-order valence-electron chi connectivity index (χ4n) is 2.03. The van der Waals surface area contributed by atoms with Gasteiger partial charge in [0.25, 0.3) is 5.91 Å². The third-order valence-electron chi connectivity index (χ3n) is 3.37. The van der Waals surface area contributed by atoms with E-state index in [-0.39, 0.29) is 18.4 Å². The van der Waals surface area contributed by atoms with Gasteiger partial charge in [-0.1, -0.05) is 12.1 Å². The Labute approximate surface area is 139 Å². The minimum atomic E-state index is -0.214. The second kappa shape index (κ2) is 7.78. The Morgan fingerprint density at radius 2 is 1.87 bits per heavy atom. The molecule has 2 rings (SSSR count). The van der Waals surface area contributed by atoms with Gasteiger partial charge in [0.2, 0.25) is 5.91 Å². The van der Waals surface area contributed by atoms with Crippen molar-refractivity contribution in [2.75, 3.05) is 20.7 Å². The molecule has 0 atom stereocenters. The highest BCUT2D eigenvalue weighted by Crippen LogP contribution is 2.15. The van der Waals surface area contributed by atoms with Gasteiger partial charge in [-0.15, -0.1) is 11.3 Å². The predicted molar refractivity (Wildman–Crippen MR) is 90.9 cm³/mol. The summed E-state index contributed by atoms with van der Waals surface area (Å²) in [4.78, 5) is 27.3. The van der Waals surface area contributed by atoms with Gasteiger partial charge in [-0.2, -0.15) is 0 Å². The molecule has 6 heteroatoms. The highest BCUT2D eigenvalue weighted by Gasteiger charge is 2.13. The summed E-state index contributed by atoms with van der Waals surface area (Å²) < 4.78 is 5.10. The SMILES string of the molecule is COc1ccc(CN(C)C(=O)CNC(=O)c2ccc(C)s2)cc1. The Balaban J connectivity index is 1.83. The van der Waals surface area contributed by atoms with Crippen LogP contribution in [0.1, 0.15) is 20.1 Å². The molecule has 2 amide bonds. The standard InChI is InChI=1S/C17H20N2O3S/c1-12-4-9-15(23-12)17(21)18-10-16(20)19(2)11-13-5-7-14(22-3)8-6-13/h4-9H,10-11H2,1-3H3,(H,18,21). The molecule has 0 unspecified atom stereocenters. The van der Waals surface area contributed by atoms with Gasteiger partial charge in [0.15, 0.2) is 0 Å². The molecule has 1 N–H and O–H groups in total. The highest BCUT2D eigenvalue weighted by molar-refractivity contribution is 7.13. The first-order chi connectivity index (χ1) is 11.0. The molecule has 1 heterocycles. The zero-order valence-corrected chi connectivity index (χ0v) is 14.3. The van der Waals surface area contributed by atoms with E-state index < -0.39 is 0 Å². The first kappa shape index (κ1) is 17.0. The van der Waals surface area contributed by atoms with Gasteiger partial charge in [0, 0.05) is 18.5 Å². The third-order valence-corrected chi connectivity index (χ3v) is 4.37. The Hall–Kier alpha value is -2.34. The molecule has 0 radical (unpaired) electrons. The summed E-state index contributed by atoms with van der Waals surface area (Å²) in [6.45, 7) is 2.41. The number of hydrogen-bond donors (Lipinski definition) is 1.